The van der Waals surface area contributed by atoms with Crippen LogP contribution < -0.4 is 4.74 Å². The van der Waals surface area contributed by atoms with Crippen molar-refractivity contribution in [1.29, 1.82) is 0 Å². The summed E-state index contributed by atoms with van der Waals surface area (Å²) < 4.78 is 9.77. The van der Waals surface area contributed by atoms with E-state index in [1.807, 2.05) is 0 Å². The summed E-state index contributed by atoms with van der Waals surface area (Å²) in [5.74, 6) is -1.77. The van der Waals surface area contributed by atoms with Gasteiger partial charge in [0, 0.05) is 23.3 Å². The van der Waals surface area contributed by atoms with Crippen molar-refractivity contribution in [3.8, 4) is 5.75 Å². The van der Waals surface area contributed by atoms with E-state index in [-0.39, 0.29) is 22.7 Å². The molecule has 0 amide bonds. The minimum atomic E-state index is -0.897. The number of carbonyl (C=O) groups excluding carboxylic acids is 3. The highest BCUT2D eigenvalue weighted by molar-refractivity contribution is 6.09. The van der Waals surface area contributed by atoms with Gasteiger partial charge in [0.05, 0.1) is 23.2 Å². The second kappa shape index (κ2) is 8.78. The number of non-ortho nitro benzene ring substituents is 1. The molecule has 150 valence electrons. The fourth-order valence-electron chi connectivity index (χ4n) is 2.67. The second-order valence-electron chi connectivity index (χ2n) is 6.13. The van der Waals surface area contributed by atoms with Gasteiger partial charge in [0.25, 0.3) is 5.69 Å². The zero-order chi connectivity index (χ0) is 21.7. The standard InChI is InChI=1S/C22H15NO7/c1-29-21(25)16-11-17(13-18(12-16)23(27)28)22(26)30-19-9-7-15(8-10-19)20(24)14-5-3-2-4-6-14/h2-13H,1H3. The second-order valence-corrected chi connectivity index (χ2v) is 6.13. The largest absolute Gasteiger partial charge is 0.465 e. The van der Waals surface area contributed by atoms with Crippen molar-refractivity contribution in [2.24, 2.45) is 0 Å². The van der Waals surface area contributed by atoms with Crippen LogP contribution in [-0.2, 0) is 4.74 Å². The zero-order valence-corrected chi connectivity index (χ0v) is 15.7. The van der Waals surface area contributed by atoms with Crippen molar-refractivity contribution in [2.75, 3.05) is 7.11 Å². The maximum Gasteiger partial charge on any atom is 0.343 e. The van der Waals surface area contributed by atoms with Crippen LogP contribution in [0.2, 0.25) is 0 Å². The van der Waals surface area contributed by atoms with Crippen molar-refractivity contribution in [3.63, 3.8) is 0 Å². The Morgan fingerprint density at radius 3 is 1.90 bits per heavy atom. The van der Waals surface area contributed by atoms with Gasteiger partial charge in [-0.15, -0.1) is 0 Å². The zero-order valence-electron chi connectivity index (χ0n) is 15.7. The first-order valence-electron chi connectivity index (χ1n) is 8.69. The third-order valence-corrected chi connectivity index (χ3v) is 4.15. The third-order valence-electron chi connectivity index (χ3n) is 4.15. The molecule has 0 heterocycles. The van der Waals surface area contributed by atoms with Gasteiger partial charge in [-0.25, -0.2) is 9.59 Å². The van der Waals surface area contributed by atoms with Crippen LogP contribution in [0.4, 0.5) is 5.69 Å². The Bertz CT molecular complexity index is 1120. The fraction of sp³-hybridized carbons (Fsp3) is 0.0455. The number of hydrogen-bond acceptors (Lipinski definition) is 7. The predicted octanol–water partition coefficient (Wildman–Crippen LogP) is 3.83. The molecule has 8 heteroatoms. The summed E-state index contributed by atoms with van der Waals surface area (Å²) in [6, 6.07) is 17.7. The molecule has 0 unspecified atom stereocenters. The molecule has 3 rings (SSSR count). The molecule has 0 aromatic heterocycles. The number of hydrogen-bond donors (Lipinski definition) is 0. The molecular weight excluding hydrogens is 390 g/mol. The number of ether oxygens (including phenoxy) is 2. The highest BCUT2D eigenvalue weighted by Gasteiger charge is 2.20. The first-order valence-corrected chi connectivity index (χ1v) is 8.69. The van der Waals surface area contributed by atoms with Gasteiger partial charge in [0.1, 0.15) is 5.75 Å². The van der Waals surface area contributed by atoms with Crippen LogP contribution in [0.3, 0.4) is 0 Å². The number of nitrogens with zero attached hydrogens (tertiary/aromatic N) is 1. The van der Waals surface area contributed by atoms with Gasteiger partial charge in [0.15, 0.2) is 5.78 Å². The van der Waals surface area contributed by atoms with E-state index in [9.17, 15) is 24.5 Å². The number of ketones is 1. The molecule has 0 aliphatic carbocycles. The molecule has 3 aromatic carbocycles. The smallest absolute Gasteiger partial charge is 0.343 e. The molecular formula is C22H15NO7. The summed E-state index contributed by atoms with van der Waals surface area (Å²) in [6.07, 6.45) is 0. The Morgan fingerprint density at radius 1 is 0.767 bits per heavy atom. The van der Waals surface area contributed by atoms with Gasteiger partial charge >= 0.3 is 11.9 Å². The van der Waals surface area contributed by atoms with Crippen molar-refractivity contribution >= 4 is 23.4 Å². The van der Waals surface area contributed by atoms with Gasteiger partial charge in [-0.2, -0.15) is 0 Å². The first kappa shape index (κ1) is 20.4. The molecule has 0 aliphatic heterocycles. The van der Waals surface area contributed by atoms with E-state index < -0.39 is 22.5 Å². The van der Waals surface area contributed by atoms with Gasteiger partial charge in [-0.3, -0.25) is 14.9 Å². The van der Waals surface area contributed by atoms with E-state index in [0.29, 0.717) is 11.1 Å². The van der Waals surface area contributed by atoms with Gasteiger partial charge in [-0.05, 0) is 30.3 Å². The fourth-order valence-corrected chi connectivity index (χ4v) is 2.67. The quantitative estimate of drug-likeness (QED) is 0.201. The lowest BCUT2D eigenvalue weighted by Gasteiger charge is -2.07. The van der Waals surface area contributed by atoms with Crippen LogP contribution in [0.1, 0.15) is 36.6 Å². The summed E-state index contributed by atoms with van der Waals surface area (Å²) in [5, 5.41) is 11.1. The number of carbonyl (C=O) groups is 3. The average molecular weight is 405 g/mol. The molecule has 0 aliphatic rings. The van der Waals surface area contributed by atoms with Crippen LogP contribution in [0, 0.1) is 10.1 Å². The molecule has 0 saturated carbocycles. The molecule has 8 nitrogen and oxygen atoms in total. The summed E-state index contributed by atoms with van der Waals surface area (Å²) in [7, 11) is 1.12. The van der Waals surface area contributed by atoms with Crippen LogP contribution in [0.25, 0.3) is 0 Å². The number of benzene rings is 3. The average Bonchev–Trinajstić information content (AvgIpc) is 2.78. The topological polar surface area (TPSA) is 113 Å². The minimum absolute atomic E-state index is 0.135. The Kier molecular flexibility index (Phi) is 5.97. The molecule has 0 fully saturated rings. The van der Waals surface area contributed by atoms with Crippen molar-refractivity contribution in [3.05, 3.63) is 105 Å². The summed E-state index contributed by atoms with van der Waals surface area (Å²) in [4.78, 5) is 46.9. The summed E-state index contributed by atoms with van der Waals surface area (Å²) in [6.45, 7) is 0. The van der Waals surface area contributed by atoms with Crippen molar-refractivity contribution < 1.29 is 28.8 Å². The molecule has 3 aromatic rings. The van der Waals surface area contributed by atoms with Gasteiger partial charge in [-0.1, -0.05) is 30.3 Å². The highest BCUT2D eigenvalue weighted by Crippen LogP contribution is 2.21. The van der Waals surface area contributed by atoms with Crippen LogP contribution in [-0.4, -0.2) is 29.8 Å². The van der Waals surface area contributed by atoms with E-state index in [4.69, 9.17) is 4.74 Å². The Balaban J connectivity index is 1.80. The monoisotopic (exact) mass is 405 g/mol. The van der Waals surface area contributed by atoms with Crippen LogP contribution in [0.5, 0.6) is 5.75 Å². The lowest BCUT2D eigenvalue weighted by Crippen LogP contribution is -2.11. The third kappa shape index (κ3) is 4.56. The number of nitro groups is 1. The molecule has 0 radical (unpaired) electrons. The lowest BCUT2D eigenvalue weighted by atomic mass is 10.0. The van der Waals surface area contributed by atoms with Crippen LogP contribution in [0.15, 0.2) is 72.8 Å². The Morgan fingerprint density at radius 2 is 1.33 bits per heavy atom. The Labute approximate surface area is 170 Å². The molecule has 0 atom stereocenters. The van der Waals surface area contributed by atoms with E-state index >= 15 is 0 Å². The van der Waals surface area contributed by atoms with E-state index in [2.05, 4.69) is 4.74 Å². The highest BCUT2D eigenvalue weighted by atomic mass is 16.6. The van der Waals surface area contributed by atoms with E-state index in [0.717, 1.165) is 25.3 Å². The number of rotatable bonds is 6. The maximum absolute atomic E-state index is 12.4. The maximum atomic E-state index is 12.4. The van der Waals surface area contributed by atoms with E-state index in [1.54, 1.807) is 30.3 Å². The molecule has 0 spiro atoms. The van der Waals surface area contributed by atoms with E-state index in [1.165, 1.54) is 24.3 Å². The summed E-state index contributed by atoms with van der Waals surface area (Å²) in [5.41, 5.74) is 0.142. The van der Waals surface area contributed by atoms with Crippen LogP contribution >= 0.6 is 0 Å². The SMILES string of the molecule is COC(=O)c1cc(C(=O)Oc2ccc(C(=O)c3ccccc3)cc2)cc([N+](=O)[O-])c1. The van der Waals surface area contributed by atoms with Gasteiger partial charge < -0.3 is 9.47 Å². The Hall–Kier alpha value is -4.33. The van der Waals surface area contributed by atoms with Gasteiger partial charge in [0.2, 0.25) is 0 Å². The number of esters is 2. The lowest BCUT2D eigenvalue weighted by molar-refractivity contribution is -0.384. The molecule has 0 bridgehead atoms. The first-order chi connectivity index (χ1) is 14.4. The molecule has 30 heavy (non-hydrogen) atoms. The number of methoxy groups -OCH3 is 1. The molecule has 0 saturated heterocycles. The van der Waals surface area contributed by atoms with Crippen molar-refractivity contribution in [1.82, 2.24) is 0 Å². The predicted molar refractivity (Wildman–Crippen MR) is 106 cm³/mol. The minimum Gasteiger partial charge on any atom is -0.465 e. The summed E-state index contributed by atoms with van der Waals surface area (Å²) >= 11 is 0. The normalized spacial score (nSPS) is 10.2. The van der Waals surface area contributed by atoms with Crippen molar-refractivity contribution in [2.45, 2.75) is 0 Å². The number of nitro benzene ring substituents is 1. The molecule has 0 N–H and O–H groups in total.